The highest BCUT2D eigenvalue weighted by Gasteiger charge is 2.19. The summed E-state index contributed by atoms with van der Waals surface area (Å²) < 4.78 is 16.6. The van der Waals surface area contributed by atoms with Crippen molar-refractivity contribution in [2.75, 3.05) is 13.2 Å². The smallest absolute Gasteiger partial charge is 0.306 e. The van der Waals surface area contributed by atoms with E-state index >= 15 is 0 Å². The average Bonchev–Trinajstić information content (AvgIpc) is 3.09. The highest BCUT2D eigenvalue weighted by Crippen LogP contribution is 2.16. The van der Waals surface area contributed by atoms with Gasteiger partial charge in [-0.3, -0.25) is 14.4 Å². The van der Waals surface area contributed by atoms with E-state index in [0.717, 1.165) is 70.1 Å². The van der Waals surface area contributed by atoms with Crippen LogP contribution in [0.1, 0.15) is 240 Å². The Labute approximate surface area is 310 Å². The number of rotatable bonds is 39. The molecule has 0 radical (unpaired) electrons. The molecule has 0 saturated heterocycles. The Morgan fingerprint density at radius 2 is 0.660 bits per heavy atom. The van der Waals surface area contributed by atoms with Gasteiger partial charge >= 0.3 is 17.9 Å². The molecule has 1 atom stereocenters. The molecule has 0 bridgehead atoms. The monoisotopic (exact) mass is 709 g/mol. The van der Waals surface area contributed by atoms with Crippen molar-refractivity contribution in [1.82, 2.24) is 0 Å². The van der Waals surface area contributed by atoms with Gasteiger partial charge in [-0.05, 0) is 25.2 Å². The summed E-state index contributed by atoms with van der Waals surface area (Å²) in [6.07, 6.45) is 36.9. The molecule has 0 heterocycles. The molecular formula is C44H84O6. The summed E-state index contributed by atoms with van der Waals surface area (Å²) in [7, 11) is 0. The standard InChI is InChI=1S/C44H84O6/c1-5-7-9-11-12-13-14-15-16-17-18-19-20-24-28-31-35-42(45)48-38-41(50-44(47)37-33-26-10-8-6-2)39-49-43(46)36-32-29-25-22-21-23-27-30-34-40(3)4/h40-41H,5-39H2,1-4H3/t41-/m1/s1. The van der Waals surface area contributed by atoms with Crippen molar-refractivity contribution in [2.24, 2.45) is 5.92 Å². The van der Waals surface area contributed by atoms with Crippen molar-refractivity contribution in [1.29, 1.82) is 0 Å². The second-order valence-electron chi connectivity index (χ2n) is 15.5. The van der Waals surface area contributed by atoms with E-state index in [1.807, 2.05) is 0 Å². The topological polar surface area (TPSA) is 78.9 Å². The van der Waals surface area contributed by atoms with Gasteiger partial charge < -0.3 is 14.2 Å². The Kier molecular flexibility index (Phi) is 37.4. The summed E-state index contributed by atoms with van der Waals surface area (Å²) in [5, 5.41) is 0. The number of carbonyl (C=O) groups excluding carboxylic acids is 3. The van der Waals surface area contributed by atoms with Crippen LogP contribution in [0.2, 0.25) is 0 Å². The van der Waals surface area contributed by atoms with E-state index in [0.29, 0.717) is 19.3 Å². The molecule has 0 aliphatic heterocycles. The normalized spacial score (nSPS) is 11.9. The molecular weight excluding hydrogens is 624 g/mol. The van der Waals surface area contributed by atoms with Gasteiger partial charge in [0.1, 0.15) is 13.2 Å². The van der Waals surface area contributed by atoms with Crippen LogP contribution in [0.25, 0.3) is 0 Å². The minimum atomic E-state index is -0.757. The molecule has 0 spiro atoms. The molecule has 0 amide bonds. The predicted octanol–water partition coefficient (Wildman–Crippen LogP) is 13.6. The Morgan fingerprint density at radius 3 is 0.980 bits per heavy atom. The van der Waals surface area contributed by atoms with E-state index in [2.05, 4.69) is 27.7 Å². The van der Waals surface area contributed by atoms with Crippen molar-refractivity contribution in [3.05, 3.63) is 0 Å². The highest BCUT2D eigenvalue weighted by molar-refractivity contribution is 5.71. The van der Waals surface area contributed by atoms with Crippen LogP contribution >= 0.6 is 0 Å². The predicted molar refractivity (Wildman–Crippen MR) is 210 cm³/mol. The lowest BCUT2D eigenvalue weighted by Crippen LogP contribution is -2.30. The van der Waals surface area contributed by atoms with Crippen LogP contribution in [-0.4, -0.2) is 37.2 Å². The minimum absolute atomic E-state index is 0.0658. The van der Waals surface area contributed by atoms with Gasteiger partial charge in [0.15, 0.2) is 6.10 Å². The molecule has 6 nitrogen and oxygen atoms in total. The zero-order valence-corrected chi connectivity index (χ0v) is 33.9. The van der Waals surface area contributed by atoms with Crippen LogP contribution in [0.3, 0.4) is 0 Å². The van der Waals surface area contributed by atoms with Gasteiger partial charge in [-0.1, -0.05) is 201 Å². The van der Waals surface area contributed by atoms with Gasteiger partial charge in [-0.2, -0.15) is 0 Å². The first kappa shape index (κ1) is 48.4. The summed E-state index contributed by atoms with van der Waals surface area (Å²) in [6.45, 7) is 8.87. The fourth-order valence-electron chi connectivity index (χ4n) is 6.45. The highest BCUT2D eigenvalue weighted by atomic mass is 16.6. The lowest BCUT2D eigenvalue weighted by molar-refractivity contribution is -0.167. The molecule has 0 aliphatic rings. The van der Waals surface area contributed by atoms with Crippen molar-refractivity contribution in [3.8, 4) is 0 Å². The number of esters is 3. The van der Waals surface area contributed by atoms with Gasteiger partial charge in [0.25, 0.3) is 0 Å². The molecule has 296 valence electrons. The van der Waals surface area contributed by atoms with Crippen LogP contribution in [-0.2, 0) is 28.6 Å². The van der Waals surface area contributed by atoms with Gasteiger partial charge in [-0.25, -0.2) is 0 Å². The van der Waals surface area contributed by atoms with E-state index < -0.39 is 6.10 Å². The molecule has 0 fully saturated rings. The maximum atomic E-state index is 12.5. The Bertz CT molecular complexity index is 751. The van der Waals surface area contributed by atoms with Crippen molar-refractivity contribution < 1.29 is 28.6 Å². The van der Waals surface area contributed by atoms with Crippen LogP contribution < -0.4 is 0 Å². The fourth-order valence-corrected chi connectivity index (χ4v) is 6.45. The van der Waals surface area contributed by atoms with Gasteiger partial charge in [0, 0.05) is 19.3 Å². The van der Waals surface area contributed by atoms with Crippen LogP contribution in [0.15, 0.2) is 0 Å². The van der Waals surface area contributed by atoms with Gasteiger partial charge in [0.2, 0.25) is 0 Å². The number of carbonyl (C=O) groups is 3. The third kappa shape index (κ3) is 37.7. The average molecular weight is 709 g/mol. The Hall–Kier alpha value is -1.59. The van der Waals surface area contributed by atoms with Crippen LogP contribution in [0.4, 0.5) is 0 Å². The van der Waals surface area contributed by atoms with Crippen molar-refractivity contribution in [3.63, 3.8) is 0 Å². The van der Waals surface area contributed by atoms with Crippen molar-refractivity contribution in [2.45, 2.75) is 246 Å². The SMILES string of the molecule is CCCCCCCCCCCCCCCCCCC(=O)OC[C@H](COC(=O)CCCCCCCCCCC(C)C)OC(=O)CCCCCCC. The summed E-state index contributed by atoms with van der Waals surface area (Å²) in [5.41, 5.74) is 0. The second kappa shape index (κ2) is 38.6. The molecule has 0 aromatic heterocycles. The molecule has 0 saturated carbocycles. The number of hydrogen-bond acceptors (Lipinski definition) is 6. The van der Waals surface area contributed by atoms with Crippen LogP contribution in [0, 0.1) is 5.92 Å². The third-order valence-electron chi connectivity index (χ3n) is 9.79. The molecule has 0 unspecified atom stereocenters. The van der Waals surface area contributed by atoms with E-state index in [1.165, 1.54) is 128 Å². The molecule has 6 heteroatoms. The molecule has 0 aromatic carbocycles. The van der Waals surface area contributed by atoms with Gasteiger partial charge in [0.05, 0.1) is 0 Å². The Balaban J connectivity index is 4.13. The van der Waals surface area contributed by atoms with E-state index in [1.54, 1.807) is 0 Å². The third-order valence-corrected chi connectivity index (χ3v) is 9.79. The zero-order valence-electron chi connectivity index (χ0n) is 33.9. The lowest BCUT2D eigenvalue weighted by Gasteiger charge is -2.18. The summed E-state index contributed by atoms with van der Waals surface area (Å²) in [4.78, 5) is 37.4. The summed E-state index contributed by atoms with van der Waals surface area (Å²) >= 11 is 0. The van der Waals surface area contributed by atoms with Crippen LogP contribution in [0.5, 0.6) is 0 Å². The first-order chi connectivity index (χ1) is 24.4. The number of unbranched alkanes of at least 4 members (excludes halogenated alkanes) is 26. The van der Waals surface area contributed by atoms with Gasteiger partial charge in [-0.15, -0.1) is 0 Å². The number of ether oxygens (including phenoxy) is 3. The molecule has 0 rings (SSSR count). The zero-order chi connectivity index (χ0) is 36.8. The van der Waals surface area contributed by atoms with Crippen molar-refractivity contribution >= 4 is 17.9 Å². The first-order valence-corrected chi connectivity index (χ1v) is 21.9. The largest absolute Gasteiger partial charge is 0.462 e. The maximum Gasteiger partial charge on any atom is 0.306 e. The molecule has 0 N–H and O–H groups in total. The van der Waals surface area contributed by atoms with E-state index in [9.17, 15) is 14.4 Å². The lowest BCUT2D eigenvalue weighted by atomic mass is 10.0. The molecule has 0 aliphatic carbocycles. The molecule has 50 heavy (non-hydrogen) atoms. The minimum Gasteiger partial charge on any atom is -0.462 e. The van der Waals surface area contributed by atoms with E-state index in [-0.39, 0.29) is 31.1 Å². The fraction of sp³-hybridized carbons (Fsp3) is 0.932. The second-order valence-corrected chi connectivity index (χ2v) is 15.5. The summed E-state index contributed by atoms with van der Waals surface area (Å²) in [5.74, 6) is -0.0764. The number of hydrogen-bond donors (Lipinski definition) is 0. The Morgan fingerprint density at radius 1 is 0.380 bits per heavy atom. The van der Waals surface area contributed by atoms with E-state index in [4.69, 9.17) is 14.2 Å². The first-order valence-electron chi connectivity index (χ1n) is 21.9. The molecule has 0 aromatic rings. The maximum absolute atomic E-state index is 12.5. The quantitative estimate of drug-likeness (QED) is 0.0359. The summed E-state index contributed by atoms with van der Waals surface area (Å²) in [6, 6.07) is 0.